The maximum Gasteiger partial charge on any atom is 0.345 e. The third-order valence-corrected chi connectivity index (χ3v) is 5.74. The lowest BCUT2D eigenvalue weighted by Crippen LogP contribution is -2.39. The Kier molecular flexibility index (Phi) is 4.62. The fourth-order valence-electron chi connectivity index (χ4n) is 3.51. The van der Waals surface area contributed by atoms with Crippen LogP contribution >= 0.6 is 11.3 Å². The molecule has 1 N–H and O–H groups in total. The van der Waals surface area contributed by atoms with Gasteiger partial charge >= 0.3 is 5.69 Å². The van der Waals surface area contributed by atoms with Crippen LogP contribution < -0.4 is 11.0 Å². The quantitative estimate of drug-likeness (QED) is 0.831. The molecule has 0 unspecified atom stereocenters. The predicted octanol–water partition coefficient (Wildman–Crippen LogP) is 0.895. The van der Waals surface area contributed by atoms with Crippen molar-refractivity contribution in [3.8, 4) is 0 Å². The lowest BCUT2D eigenvalue weighted by Gasteiger charge is -2.30. The summed E-state index contributed by atoms with van der Waals surface area (Å²) in [7, 11) is 1.72. The summed E-state index contributed by atoms with van der Waals surface area (Å²) in [6.07, 6.45) is 3.97. The second-order valence-corrected chi connectivity index (χ2v) is 8.27. The molecular weight excluding hydrogens is 354 g/mol. The molecule has 140 valence electrons. The molecule has 2 fully saturated rings. The smallest absolute Gasteiger partial charge is 0.299 e. The molecule has 26 heavy (non-hydrogen) atoms. The fraction of sp³-hybridized carbons (Fsp3) is 0.688. The van der Waals surface area contributed by atoms with Crippen LogP contribution in [0.5, 0.6) is 0 Å². The number of likely N-dealkylation sites (tertiary alicyclic amines) is 1. The molecule has 1 saturated carbocycles. The number of aryl methyl sites for hydroxylation is 2. The summed E-state index contributed by atoms with van der Waals surface area (Å²) >= 11 is 1.37. The maximum atomic E-state index is 12.3. The first-order valence-corrected chi connectivity index (χ1v) is 9.80. The third kappa shape index (κ3) is 3.56. The summed E-state index contributed by atoms with van der Waals surface area (Å²) in [4.78, 5) is 26.6. The van der Waals surface area contributed by atoms with Crippen molar-refractivity contribution in [3.05, 3.63) is 21.3 Å². The van der Waals surface area contributed by atoms with Gasteiger partial charge in [-0.2, -0.15) is 5.10 Å². The number of hydrogen-bond acceptors (Lipinski definition) is 7. The number of rotatable bonds is 5. The van der Waals surface area contributed by atoms with Crippen LogP contribution in [0.4, 0.5) is 5.13 Å². The van der Waals surface area contributed by atoms with Gasteiger partial charge in [0.05, 0.1) is 6.54 Å². The molecule has 1 aliphatic heterocycles. The number of amides is 1. The highest BCUT2D eigenvalue weighted by atomic mass is 32.1. The molecular formula is C16H23N7O2S. The van der Waals surface area contributed by atoms with Gasteiger partial charge < -0.3 is 0 Å². The predicted molar refractivity (Wildman–Crippen MR) is 97.4 cm³/mol. The van der Waals surface area contributed by atoms with Crippen molar-refractivity contribution in [1.29, 1.82) is 0 Å². The van der Waals surface area contributed by atoms with Crippen LogP contribution in [0.1, 0.15) is 48.5 Å². The van der Waals surface area contributed by atoms with E-state index in [-0.39, 0.29) is 17.5 Å². The molecule has 9 nitrogen and oxygen atoms in total. The molecule has 1 amide bonds. The van der Waals surface area contributed by atoms with E-state index in [1.807, 2.05) is 11.5 Å². The molecule has 1 saturated heterocycles. The average Bonchev–Trinajstić information content (AvgIpc) is 3.30. The van der Waals surface area contributed by atoms with Crippen LogP contribution in [-0.2, 0) is 11.8 Å². The first-order chi connectivity index (χ1) is 12.5. The molecule has 0 spiro atoms. The second kappa shape index (κ2) is 6.92. The molecule has 2 aromatic heterocycles. The number of hydrogen-bond donors (Lipinski definition) is 1. The Morgan fingerprint density at radius 1 is 1.23 bits per heavy atom. The average molecular weight is 377 g/mol. The normalized spacial score (nSPS) is 19.0. The lowest BCUT2D eigenvalue weighted by atomic mass is 9.96. The molecule has 10 heteroatoms. The Morgan fingerprint density at radius 3 is 2.58 bits per heavy atom. The highest BCUT2D eigenvalue weighted by molar-refractivity contribution is 7.15. The van der Waals surface area contributed by atoms with E-state index in [0.29, 0.717) is 17.7 Å². The van der Waals surface area contributed by atoms with E-state index in [1.165, 1.54) is 16.0 Å². The molecule has 0 atom stereocenters. The SMILES string of the molecule is Cc1nnc(NC(=O)CN2CCC(c3nn(C)c(=O)n3C3CC3)CC2)s1. The van der Waals surface area contributed by atoms with Gasteiger partial charge in [-0.15, -0.1) is 10.2 Å². The zero-order valence-electron chi connectivity index (χ0n) is 15.0. The first-order valence-electron chi connectivity index (χ1n) is 8.99. The summed E-state index contributed by atoms with van der Waals surface area (Å²) in [6.45, 7) is 3.85. The van der Waals surface area contributed by atoms with Crippen molar-refractivity contribution in [2.24, 2.45) is 7.05 Å². The van der Waals surface area contributed by atoms with Gasteiger partial charge in [-0.05, 0) is 45.7 Å². The molecule has 4 rings (SSSR count). The van der Waals surface area contributed by atoms with Crippen molar-refractivity contribution in [2.75, 3.05) is 25.0 Å². The number of nitrogens with one attached hydrogen (secondary N) is 1. The maximum absolute atomic E-state index is 12.3. The van der Waals surface area contributed by atoms with Gasteiger partial charge in [0.25, 0.3) is 0 Å². The van der Waals surface area contributed by atoms with Gasteiger partial charge in [0.2, 0.25) is 11.0 Å². The van der Waals surface area contributed by atoms with Crippen LogP contribution in [0.3, 0.4) is 0 Å². The monoisotopic (exact) mass is 377 g/mol. The van der Waals surface area contributed by atoms with E-state index < -0.39 is 0 Å². The Morgan fingerprint density at radius 2 is 1.96 bits per heavy atom. The van der Waals surface area contributed by atoms with Crippen molar-refractivity contribution in [2.45, 2.75) is 44.6 Å². The van der Waals surface area contributed by atoms with Crippen LogP contribution in [-0.4, -0.2) is 55.0 Å². The minimum atomic E-state index is -0.0627. The highest BCUT2D eigenvalue weighted by Gasteiger charge is 2.33. The van der Waals surface area contributed by atoms with Crippen LogP contribution in [0, 0.1) is 6.92 Å². The van der Waals surface area contributed by atoms with Gasteiger partial charge in [0, 0.05) is 19.0 Å². The molecule has 3 heterocycles. The van der Waals surface area contributed by atoms with Crippen LogP contribution in [0.2, 0.25) is 0 Å². The standard InChI is InChI=1S/C16H23N7O2S/c1-10-18-19-15(26-10)17-13(24)9-22-7-5-11(6-8-22)14-20-21(2)16(25)23(14)12-3-4-12/h11-12H,3-9H2,1-2H3,(H,17,19,24). The van der Waals surface area contributed by atoms with E-state index in [1.54, 1.807) is 7.05 Å². The molecule has 1 aliphatic carbocycles. The number of carbonyl (C=O) groups excluding carboxylic acids is 1. The lowest BCUT2D eigenvalue weighted by molar-refractivity contribution is -0.117. The van der Waals surface area contributed by atoms with Crippen molar-refractivity contribution >= 4 is 22.4 Å². The van der Waals surface area contributed by atoms with Gasteiger partial charge in [0.15, 0.2) is 0 Å². The van der Waals surface area contributed by atoms with Gasteiger partial charge in [-0.1, -0.05) is 11.3 Å². The fourth-order valence-corrected chi connectivity index (χ4v) is 4.12. The summed E-state index contributed by atoms with van der Waals surface area (Å²) < 4.78 is 3.35. The number of carbonyl (C=O) groups is 1. The zero-order chi connectivity index (χ0) is 18.3. The van der Waals surface area contributed by atoms with Crippen molar-refractivity contribution in [1.82, 2.24) is 29.4 Å². The molecule has 0 bridgehead atoms. The Labute approximate surface area is 155 Å². The summed E-state index contributed by atoms with van der Waals surface area (Å²) in [5.74, 6) is 1.15. The molecule has 2 aromatic rings. The van der Waals surface area contributed by atoms with Crippen molar-refractivity contribution in [3.63, 3.8) is 0 Å². The van der Waals surface area contributed by atoms with E-state index >= 15 is 0 Å². The topological polar surface area (TPSA) is 97.9 Å². The Bertz CT molecular complexity index is 858. The minimum Gasteiger partial charge on any atom is -0.299 e. The van der Waals surface area contributed by atoms with Gasteiger partial charge in [-0.3, -0.25) is 19.6 Å². The summed E-state index contributed by atoms with van der Waals surface area (Å²) in [5, 5.41) is 16.5. The summed E-state index contributed by atoms with van der Waals surface area (Å²) in [5.41, 5.74) is -0.00309. The van der Waals surface area contributed by atoms with Crippen molar-refractivity contribution < 1.29 is 4.79 Å². The second-order valence-electron chi connectivity index (χ2n) is 7.09. The largest absolute Gasteiger partial charge is 0.345 e. The van der Waals surface area contributed by atoms with E-state index in [4.69, 9.17) is 0 Å². The Balaban J connectivity index is 1.34. The highest BCUT2D eigenvalue weighted by Crippen LogP contribution is 2.37. The third-order valence-electron chi connectivity index (χ3n) is 4.99. The van der Waals surface area contributed by atoms with Gasteiger partial charge in [-0.25, -0.2) is 9.48 Å². The summed E-state index contributed by atoms with van der Waals surface area (Å²) in [6, 6.07) is 0.338. The van der Waals surface area contributed by atoms with Gasteiger partial charge in [0.1, 0.15) is 10.8 Å². The molecule has 0 aromatic carbocycles. The van der Waals surface area contributed by atoms with Crippen LogP contribution in [0.25, 0.3) is 0 Å². The van der Waals surface area contributed by atoms with Crippen LogP contribution in [0.15, 0.2) is 4.79 Å². The number of nitrogens with zero attached hydrogens (tertiary/aromatic N) is 6. The van der Waals surface area contributed by atoms with E-state index in [9.17, 15) is 9.59 Å². The zero-order valence-corrected chi connectivity index (χ0v) is 15.8. The Hall–Kier alpha value is -2.07. The number of piperidine rings is 1. The minimum absolute atomic E-state index is 0.00309. The van der Waals surface area contributed by atoms with E-state index in [0.717, 1.165) is 49.6 Å². The number of anilines is 1. The molecule has 0 radical (unpaired) electrons. The van der Waals surface area contributed by atoms with E-state index in [2.05, 4.69) is 25.5 Å². The number of aromatic nitrogens is 5. The first kappa shape index (κ1) is 17.3. The molecule has 2 aliphatic rings.